The Kier molecular flexibility index (Phi) is 3.67. The Labute approximate surface area is 110 Å². The lowest BCUT2D eigenvalue weighted by molar-refractivity contribution is -0.137. The van der Waals surface area contributed by atoms with Gasteiger partial charge in [-0.25, -0.2) is 0 Å². The third-order valence-electron chi connectivity index (χ3n) is 2.60. The summed E-state index contributed by atoms with van der Waals surface area (Å²) in [6, 6.07) is 7.13. The number of carboxylic acids is 1. The number of anilines is 1. The minimum absolute atomic E-state index is 0.0525. The molecule has 2 aromatic rings. The van der Waals surface area contributed by atoms with Crippen molar-refractivity contribution in [2.75, 3.05) is 5.32 Å². The summed E-state index contributed by atoms with van der Waals surface area (Å²) in [7, 11) is 0. The maximum atomic E-state index is 10.6. The average molecular weight is 265 g/mol. The lowest BCUT2D eigenvalue weighted by Crippen LogP contribution is -2.19. The Bertz CT molecular complexity index is 586. The highest BCUT2D eigenvalue weighted by molar-refractivity contribution is 6.35. The van der Waals surface area contributed by atoms with Crippen molar-refractivity contribution < 1.29 is 9.90 Å². The number of hydrogen-bond acceptors (Lipinski definition) is 3. The number of nitrogens with one attached hydrogen (secondary N) is 1. The number of aromatic nitrogens is 1. The molecule has 1 heterocycles. The van der Waals surface area contributed by atoms with Gasteiger partial charge in [0.05, 0.1) is 22.6 Å². The molecular weight excluding hydrogens is 252 g/mol. The van der Waals surface area contributed by atoms with Crippen LogP contribution in [0.4, 0.5) is 5.69 Å². The molecule has 1 unspecified atom stereocenters. The van der Waals surface area contributed by atoms with Crippen LogP contribution in [0.15, 0.2) is 30.5 Å². The third-order valence-corrected chi connectivity index (χ3v) is 2.93. The second-order valence-corrected chi connectivity index (χ2v) is 4.54. The molecule has 18 heavy (non-hydrogen) atoms. The molecule has 94 valence electrons. The topological polar surface area (TPSA) is 62.2 Å². The number of hydrogen-bond donors (Lipinski definition) is 2. The molecular formula is C13H13ClN2O2. The molecule has 0 saturated carbocycles. The fourth-order valence-corrected chi connectivity index (χ4v) is 2.05. The van der Waals surface area contributed by atoms with E-state index in [9.17, 15) is 4.79 Å². The summed E-state index contributed by atoms with van der Waals surface area (Å²) in [5, 5.41) is 13.4. The zero-order valence-electron chi connectivity index (χ0n) is 9.85. The molecule has 0 aliphatic heterocycles. The Morgan fingerprint density at radius 1 is 1.50 bits per heavy atom. The first-order valence-corrected chi connectivity index (χ1v) is 5.97. The number of aliphatic carboxylic acids is 1. The molecule has 1 aromatic heterocycles. The van der Waals surface area contributed by atoms with Crippen molar-refractivity contribution in [1.29, 1.82) is 0 Å². The highest BCUT2D eigenvalue weighted by Gasteiger charge is 2.10. The Morgan fingerprint density at radius 3 is 3.00 bits per heavy atom. The molecule has 0 aliphatic carbocycles. The molecule has 1 atom stereocenters. The van der Waals surface area contributed by atoms with E-state index in [1.165, 1.54) is 0 Å². The summed E-state index contributed by atoms with van der Waals surface area (Å²) in [5.41, 5.74) is 1.55. The van der Waals surface area contributed by atoms with Gasteiger partial charge in [-0.05, 0) is 31.2 Å². The first-order valence-electron chi connectivity index (χ1n) is 5.59. The van der Waals surface area contributed by atoms with E-state index >= 15 is 0 Å². The maximum absolute atomic E-state index is 10.6. The van der Waals surface area contributed by atoms with Crippen LogP contribution < -0.4 is 5.32 Å². The summed E-state index contributed by atoms with van der Waals surface area (Å²) in [6.07, 6.45) is 1.74. The largest absolute Gasteiger partial charge is 0.481 e. The molecule has 0 bridgehead atoms. The number of carbonyl (C=O) groups is 1. The SMILES string of the molecule is CC(CC(=O)O)Nc1ccc(Cl)c2cccnc12. The van der Waals surface area contributed by atoms with Gasteiger partial charge < -0.3 is 10.4 Å². The summed E-state index contributed by atoms with van der Waals surface area (Å²) < 4.78 is 0. The first kappa shape index (κ1) is 12.6. The van der Waals surface area contributed by atoms with Gasteiger partial charge in [-0.2, -0.15) is 0 Å². The van der Waals surface area contributed by atoms with Gasteiger partial charge in [0.2, 0.25) is 0 Å². The van der Waals surface area contributed by atoms with Crippen molar-refractivity contribution in [1.82, 2.24) is 4.98 Å². The highest BCUT2D eigenvalue weighted by Crippen LogP contribution is 2.28. The summed E-state index contributed by atoms with van der Waals surface area (Å²) >= 11 is 6.09. The predicted octanol–water partition coefficient (Wildman–Crippen LogP) is 3.16. The fraction of sp³-hybridized carbons (Fsp3) is 0.231. The van der Waals surface area contributed by atoms with E-state index in [4.69, 9.17) is 16.7 Å². The van der Waals surface area contributed by atoms with E-state index in [1.54, 1.807) is 12.3 Å². The molecule has 0 aliphatic rings. The van der Waals surface area contributed by atoms with E-state index in [0.29, 0.717) is 5.02 Å². The third kappa shape index (κ3) is 2.71. The number of halogens is 1. The van der Waals surface area contributed by atoms with Gasteiger partial charge in [0.25, 0.3) is 0 Å². The highest BCUT2D eigenvalue weighted by atomic mass is 35.5. The number of benzene rings is 1. The van der Waals surface area contributed by atoms with Crippen molar-refractivity contribution in [2.24, 2.45) is 0 Å². The Morgan fingerprint density at radius 2 is 2.28 bits per heavy atom. The van der Waals surface area contributed by atoms with E-state index < -0.39 is 5.97 Å². The lowest BCUT2D eigenvalue weighted by Gasteiger charge is -2.15. The van der Waals surface area contributed by atoms with Crippen LogP contribution in [0.1, 0.15) is 13.3 Å². The minimum Gasteiger partial charge on any atom is -0.481 e. The monoisotopic (exact) mass is 264 g/mol. The van der Waals surface area contributed by atoms with Crippen LogP contribution >= 0.6 is 11.6 Å². The minimum atomic E-state index is -0.832. The van der Waals surface area contributed by atoms with Crippen LogP contribution in [0.5, 0.6) is 0 Å². The zero-order valence-corrected chi connectivity index (χ0v) is 10.6. The van der Waals surface area contributed by atoms with Gasteiger partial charge in [0.15, 0.2) is 0 Å². The van der Waals surface area contributed by atoms with Gasteiger partial charge in [-0.1, -0.05) is 11.6 Å². The van der Waals surface area contributed by atoms with E-state index in [0.717, 1.165) is 16.6 Å². The Balaban J connectivity index is 2.34. The van der Waals surface area contributed by atoms with Gasteiger partial charge in [0, 0.05) is 17.6 Å². The van der Waals surface area contributed by atoms with Crippen LogP contribution in [0.3, 0.4) is 0 Å². The molecule has 1 aromatic carbocycles. The van der Waals surface area contributed by atoms with Crippen LogP contribution in [-0.2, 0) is 4.79 Å². The molecule has 0 amide bonds. The molecule has 0 fully saturated rings. The van der Waals surface area contributed by atoms with Crippen LogP contribution in [0.25, 0.3) is 10.9 Å². The Hall–Kier alpha value is -1.81. The molecule has 0 saturated heterocycles. The number of nitrogens with zero attached hydrogens (tertiary/aromatic N) is 1. The number of carboxylic acid groups (broad SMARTS) is 1. The van der Waals surface area contributed by atoms with Crippen molar-refractivity contribution in [2.45, 2.75) is 19.4 Å². The molecule has 0 radical (unpaired) electrons. The predicted molar refractivity (Wildman–Crippen MR) is 72.1 cm³/mol. The van der Waals surface area contributed by atoms with Crippen LogP contribution in [0.2, 0.25) is 5.02 Å². The van der Waals surface area contributed by atoms with Crippen molar-refractivity contribution in [3.8, 4) is 0 Å². The van der Waals surface area contributed by atoms with Gasteiger partial charge in [-0.15, -0.1) is 0 Å². The van der Waals surface area contributed by atoms with E-state index in [-0.39, 0.29) is 12.5 Å². The summed E-state index contributed by atoms with van der Waals surface area (Å²) in [5.74, 6) is -0.832. The summed E-state index contributed by atoms with van der Waals surface area (Å²) in [4.78, 5) is 14.9. The number of fused-ring (bicyclic) bond motifs is 1. The van der Waals surface area contributed by atoms with Gasteiger partial charge >= 0.3 is 5.97 Å². The summed E-state index contributed by atoms with van der Waals surface area (Å²) in [6.45, 7) is 1.82. The quantitative estimate of drug-likeness (QED) is 0.890. The van der Waals surface area contributed by atoms with E-state index in [2.05, 4.69) is 10.3 Å². The molecule has 2 rings (SSSR count). The van der Waals surface area contributed by atoms with Crippen LogP contribution in [0, 0.1) is 0 Å². The molecule has 4 nitrogen and oxygen atoms in total. The molecule has 0 spiro atoms. The second kappa shape index (κ2) is 5.23. The van der Waals surface area contributed by atoms with Crippen molar-refractivity contribution in [3.63, 3.8) is 0 Å². The van der Waals surface area contributed by atoms with Gasteiger partial charge in [-0.3, -0.25) is 9.78 Å². The standard InChI is InChI=1S/C13H13ClN2O2/c1-8(7-12(17)18)16-11-5-4-10(14)9-3-2-6-15-13(9)11/h2-6,8,16H,7H2,1H3,(H,17,18). The number of rotatable bonds is 4. The smallest absolute Gasteiger partial charge is 0.305 e. The van der Waals surface area contributed by atoms with Gasteiger partial charge in [0.1, 0.15) is 0 Å². The van der Waals surface area contributed by atoms with Crippen molar-refractivity contribution in [3.05, 3.63) is 35.5 Å². The maximum Gasteiger partial charge on any atom is 0.305 e. The first-order chi connectivity index (χ1) is 8.58. The molecule has 5 heteroatoms. The zero-order chi connectivity index (χ0) is 13.1. The van der Waals surface area contributed by atoms with Crippen LogP contribution in [-0.4, -0.2) is 22.1 Å². The fourth-order valence-electron chi connectivity index (χ4n) is 1.83. The molecule has 2 N–H and O–H groups in total. The second-order valence-electron chi connectivity index (χ2n) is 4.14. The lowest BCUT2D eigenvalue weighted by atomic mass is 10.1. The van der Waals surface area contributed by atoms with Crippen molar-refractivity contribution >= 4 is 34.2 Å². The average Bonchev–Trinajstić information content (AvgIpc) is 2.32. The van der Waals surface area contributed by atoms with E-state index in [1.807, 2.05) is 25.1 Å². The number of pyridine rings is 1. The normalized spacial score (nSPS) is 12.3.